The van der Waals surface area contributed by atoms with Gasteiger partial charge in [-0.1, -0.05) is 123 Å². The molecular formula is C44H63N5. The molecule has 1 saturated carbocycles. The number of likely N-dealkylation sites (tertiary alicyclic amines) is 1. The first-order chi connectivity index (χ1) is 24.3. The van der Waals surface area contributed by atoms with Gasteiger partial charge in [0.05, 0.1) is 0 Å². The van der Waals surface area contributed by atoms with E-state index in [1.165, 1.54) is 114 Å². The monoisotopic (exact) mass is 662 g/mol. The van der Waals surface area contributed by atoms with E-state index in [0.717, 1.165) is 44.8 Å². The Balaban J connectivity index is 1.04. The van der Waals surface area contributed by atoms with Crippen molar-refractivity contribution in [3.63, 3.8) is 0 Å². The normalized spacial score (nSPS) is 25.8. The smallest absolute Gasteiger partial charge is 0.0264 e. The Bertz CT molecular complexity index is 1350. The van der Waals surface area contributed by atoms with Crippen LogP contribution in [0.15, 0.2) is 91.0 Å². The summed E-state index contributed by atoms with van der Waals surface area (Å²) in [5.41, 5.74) is 4.43. The molecule has 5 nitrogen and oxygen atoms in total. The highest BCUT2D eigenvalue weighted by Crippen LogP contribution is 2.31. The van der Waals surface area contributed by atoms with Crippen LogP contribution in [0.2, 0.25) is 0 Å². The Morgan fingerprint density at radius 1 is 0.592 bits per heavy atom. The highest BCUT2D eigenvalue weighted by atomic mass is 15.3. The maximum absolute atomic E-state index is 3.72. The lowest BCUT2D eigenvalue weighted by Gasteiger charge is -2.47. The molecule has 3 aromatic carbocycles. The summed E-state index contributed by atoms with van der Waals surface area (Å²) >= 11 is 0. The number of nitrogens with zero attached hydrogens (tertiary/aromatic N) is 4. The molecule has 3 aliphatic heterocycles. The predicted molar refractivity (Wildman–Crippen MR) is 205 cm³/mol. The van der Waals surface area contributed by atoms with Crippen molar-refractivity contribution in [2.24, 2.45) is 5.92 Å². The third-order valence-electron chi connectivity index (χ3n) is 12.5. The van der Waals surface area contributed by atoms with Gasteiger partial charge in [-0.3, -0.25) is 19.6 Å². The van der Waals surface area contributed by atoms with Crippen LogP contribution in [0.4, 0.5) is 0 Å². The van der Waals surface area contributed by atoms with Gasteiger partial charge in [-0.2, -0.15) is 0 Å². The summed E-state index contributed by atoms with van der Waals surface area (Å²) in [6.45, 7) is 12.0. The fourth-order valence-electron chi connectivity index (χ4n) is 9.70. The first-order valence-corrected chi connectivity index (χ1v) is 20.1. The number of hydrogen-bond acceptors (Lipinski definition) is 5. The van der Waals surface area contributed by atoms with Gasteiger partial charge in [-0.05, 0) is 67.7 Å². The van der Waals surface area contributed by atoms with E-state index in [1.807, 2.05) is 0 Å². The standard InChI is InChI=1S/C44H63N5/c1-5-14-37(15-6-1)23-26-46-28-29-49(35-43(46)31-39-18-9-3-10-19-39)44(32-40-20-11-4-12-21-40)36-47-25-13-22-41(47)34-48-27-24-45-33-42(48)30-38-16-7-2-8-17-38/h1-3,5-10,14-19,40-45H,4,11-13,20-36H2/t41?,42-,43-,44-/m0/s1. The molecule has 4 atom stereocenters. The summed E-state index contributed by atoms with van der Waals surface area (Å²) < 4.78 is 0. The minimum atomic E-state index is 0.572. The van der Waals surface area contributed by atoms with Gasteiger partial charge in [0.15, 0.2) is 0 Å². The molecule has 1 N–H and O–H groups in total. The molecule has 3 saturated heterocycles. The molecule has 1 unspecified atom stereocenters. The second-order valence-corrected chi connectivity index (χ2v) is 15.8. The Hall–Kier alpha value is -2.54. The highest BCUT2D eigenvalue weighted by molar-refractivity contribution is 5.18. The molecule has 3 aromatic rings. The van der Waals surface area contributed by atoms with Crippen molar-refractivity contribution in [1.82, 2.24) is 24.9 Å². The van der Waals surface area contributed by atoms with E-state index in [0.29, 0.717) is 24.2 Å². The van der Waals surface area contributed by atoms with Gasteiger partial charge in [0, 0.05) is 83.1 Å². The number of nitrogens with one attached hydrogen (secondary N) is 1. The molecule has 264 valence electrons. The van der Waals surface area contributed by atoms with Gasteiger partial charge in [-0.25, -0.2) is 0 Å². The SMILES string of the molecule is c1ccc(CCN2CCN([C@@H](CC3CCCCC3)CN3CCCC3CN3CCNC[C@@H]3Cc3ccccc3)C[C@@H]2Cc2ccccc2)cc1. The Labute approximate surface area is 298 Å². The second kappa shape index (κ2) is 18.1. The second-order valence-electron chi connectivity index (χ2n) is 15.8. The molecule has 4 fully saturated rings. The zero-order valence-corrected chi connectivity index (χ0v) is 30.2. The summed E-state index contributed by atoms with van der Waals surface area (Å²) in [5.74, 6) is 0.909. The van der Waals surface area contributed by atoms with Crippen LogP contribution in [0, 0.1) is 5.92 Å². The molecule has 0 bridgehead atoms. The molecular weight excluding hydrogens is 599 g/mol. The van der Waals surface area contributed by atoms with E-state index in [-0.39, 0.29) is 0 Å². The van der Waals surface area contributed by atoms with E-state index < -0.39 is 0 Å². The summed E-state index contributed by atoms with van der Waals surface area (Å²) in [7, 11) is 0. The average Bonchev–Trinajstić information content (AvgIpc) is 3.59. The Morgan fingerprint density at radius 2 is 1.27 bits per heavy atom. The lowest BCUT2D eigenvalue weighted by molar-refractivity contribution is 0.0202. The molecule has 0 aromatic heterocycles. The summed E-state index contributed by atoms with van der Waals surface area (Å²) in [6, 6.07) is 36.2. The number of piperazine rings is 2. The molecule has 1 aliphatic carbocycles. The van der Waals surface area contributed by atoms with Crippen molar-refractivity contribution < 1.29 is 0 Å². The molecule has 0 spiro atoms. The Kier molecular flexibility index (Phi) is 12.9. The minimum Gasteiger partial charge on any atom is -0.314 e. The third kappa shape index (κ3) is 10.0. The number of benzene rings is 3. The van der Waals surface area contributed by atoms with Crippen molar-refractivity contribution in [2.75, 3.05) is 65.4 Å². The molecule has 7 rings (SSSR count). The molecule has 0 amide bonds. The van der Waals surface area contributed by atoms with Crippen LogP contribution in [0.3, 0.4) is 0 Å². The van der Waals surface area contributed by atoms with E-state index in [4.69, 9.17) is 0 Å². The predicted octanol–water partition coefficient (Wildman–Crippen LogP) is 6.78. The third-order valence-corrected chi connectivity index (χ3v) is 12.5. The van der Waals surface area contributed by atoms with Crippen molar-refractivity contribution >= 4 is 0 Å². The first-order valence-electron chi connectivity index (χ1n) is 20.1. The zero-order chi connectivity index (χ0) is 33.1. The summed E-state index contributed by atoms with van der Waals surface area (Å²) in [5, 5.41) is 3.72. The van der Waals surface area contributed by atoms with Crippen LogP contribution in [0.25, 0.3) is 0 Å². The van der Waals surface area contributed by atoms with Gasteiger partial charge in [0.25, 0.3) is 0 Å². The quantitative estimate of drug-likeness (QED) is 0.206. The Morgan fingerprint density at radius 3 is 1.98 bits per heavy atom. The van der Waals surface area contributed by atoms with Crippen LogP contribution >= 0.6 is 0 Å². The zero-order valence-electron chi connectivity index (χ0n) is 30.2. The van der Waals surface area contributed by atoms with Crippen LogP contribution in [-0.4, -0.2) is 109 Å². The van der Waals surface area contributed by atoms with E-state index in [1.54, 1.807) is 0 Å². The van der Waals surface area contributed by atoms with Crippen LogP contribution in [0.5, 0.6) is 0 Å². The topological polar surface area (TPSA) is 25.0 Å². The maximum atomic E-state index is 3.72. The lowest BCUT2D eigenvalue weighted by Crippen LogP contribution is -2.60. The van der Waals surface area contributed by atoms with E-state index in [2.05, 4.69) is 116 Å². The van der Waals surface area contributed by atoms with Gasteiger partial charge >= 0.3 is 0 Å². The van der Waals surface area contributed by atoms with E-state index >= 15 is 0 Å². The molecule has 3 heterocycles. The maximum Gasteiger partial charge on any atom is 0.0264 e. The molecule has 4 aliphatic rings. The van der Waals surface area contributed by atoms with Crippen molar-refractivity contribution in [3.8, 4) is 0 Å². The van der Waals surface area contributed by atoms with E-state index in [9.17, 15) is 0 Å². The molecule has 49 heavy (non-hydrogen) atoms. The van der Waals surface area contributed by atoms with Crippen molar-refractivity contribution in [3.05, 3.63) is 108 Å². The van der Waals surface area contributed by atoms with Crippen molar-refractivity contribution in [1.29, 1.82) is 0 Å². The fourth-order valence-corrected chi connectivity index (χ4v) is 9.70. The first kappa shape index (κ1) is 34.9. The molecule has 5 heteroatoms. The highest BCUT2D eigenvalue weighted by Gasteiger charge is 2.36. The number of rotatable bonds is 14. The van der Waals surface area contributed by atoms with Crippen molar-refractivity contribution in [2.45, 2.75) is 94.8 Å². The van der Waals surface area contributed by atoms with Crippen LogP contribution in [0.1, 0.15) is 68.1 Å². The van der Waals surface area contributed by atoms with Gasteiger partial charge in [-0.15, -0.1) is 0 Å². The average molecular weight is 662 g/mol. The molecule has 0 radical (unpaired) electrons. The minimum absolute atomic E-state index is 0.572. The fraction of sp³-hybridized carbons (Fsp3) is 0.591. The summed E-state index contributed by atoms with van der Waals surface area (Å²) in [4.78, 5) is 11.6. The largest absolute Gasteiger partial charge is 0.314 e. The van der Waals surface area contributed by atoms with Gasteiger partial charge in [0.2, 0.25) is 0 Å². The summed E-state index contributed by atoms with van der Waals surface area (Å²) in [6.07, 6.45) is 14.8. The van der Waals surface area contributed by atoms with Crippen LogP contribution < -0.4 is 5.32 Å². The van der Waals surface area contributed by atoms with Crippen LogP contribution in [-0.2, 0) is 19.3 Å². The number of hydrogen-bond donors (Lipinski definition) is 1. The van der Waals surface area contributed by atoms with Gasteiger partial charge < -0.3 is 5.32 Å². The lowest BCUT2D eigenvalue weighted by atomic mass is 9.84. The van der Waals surface area contributed by atoms with Gasteiger partial charge in [0.1, 0.15) is 0 Å².